The third-order valence-electron chi connectivity index (χ3n) is 4.71. The van der Waals surface area contributed by atoms with Crippen LogP contribution in [0.3, 0.4) is 0 Å². The molecule has 0 saturated carbocycles. The summed E-state index contributed by atoms with van der Waals surface area (Å²) in [4.78, 5) is 25.4. The number of amides is 2. The Morgan fingerprint density at radius 1 is 1.21 bits per heavy atom. The summed E-state index contributed by atoms with van der Waals surface area (Å²) in [5, 5.41) is 2.40. The second-order valence-electron chi connectivity index (χ2n) is 6.91. The molecule has 1 aliphatic heterocycles. The van der Waals surface area contributed by atoms with Gasteiger partial charge in [0.25, 0.3) is 0 Å². The Balaban J connectivity index is 1.62. The number of carbonyl (C=O) groups excluding carboxylic acids is 2. The molecule has 2 aromatic carbocycles. The minimum Gasteiger partial charge on any atom is -0.324 e. The highest BCUT2D eigenvalue weighted by atomic mass is 32.2. The Hall–Kier alpha value is -2.78. The zero-order valence-corrected chi connectivity index (χ0v) is 16.9. The average molecular weight is 419 g/mol. The summed E-state index contributed by atoms with van der Waals surface area (Å²) in [6.45, 7) is 3.25. The van der Waals surface area contributed by atoms with Gasteiger partial charge >= 0.3 is 0 Å². The van der Waals surface area contributed by atoms with Gasteiger partial charge in [-0.25, -0.2) is 17.5 Å². The highest BCUT2D eigenvalue weighted by molar-refractivity contribution is 7.89. The summed E-state index contributed by atoms with van der Waals surface area (Å²) in [6.07, 6.45) is 0.428. The van der Waals surface area contributed by atoms with E-state index in [1.807, 2.05) is 6.92 Å². The number of carbonyl (C=O) groups is 2. The number of anilines is 2. The summed E-state index contributed by atoms with van der Waals surface area (Å²) >= 11 is 0. The summed E-state index contributed by atoms with van der Waals surface area (Å²) < 4.78 is 41.0. The first-order valence-corrected chi connectivity index (χ1v) is 10.6. The predicted molar refractivity (Wildman–Crippen MR) is 108 cm³/mol. The molecule has 154 valence electrons. The Kier molecular flexibility index (Phi) is 5.99. The number of para-hydroxylation sites is 1. The number of benzene rings is 2. The first kappa shape index (κ1) is 20.9. The van der Waals surface area contributed by atoms with Crippen molar-refractivity contribution in [3.8, 4) is 0 Å². The van der Waals surface area contributed by atoms with Crippen LogP contribution in [-0.4, -0.2) is 32.8 Å². The molecular formula is C20H22FN3O4S. The van der Waals surface area contributed by atoms with E-state index in [0.717, 1.165) is 5.56 Å². The SMILES string of the molecule is CC(=O)N1c2ccc(S(=O)(=O)NCCC(=O)Nc3ccccc3F)cc2C[C@@H]1C. The highest BCUT2D eigenvalue weighted by Crippen LogP contribution is 2.33. The normalized spacial score (nSPS) is 15.8. The van der Waals surface area contributed by atoms with Crippen LogP contribution in [0.2, 0.25) is 0 Å². The molecule has 3 rings (SSSR count). The Labute approximate surface area is 169 Å². The summed E-state index contributed by atoms with van der Waals surface area (Å²) in [7, 11) is -3.82. The number of sulfonamides is 1. The molecule has 7 nitrogen and oxygen atoms in total. The second-order valence-corrected chi connectivity index (χ2v) is 8.68. The first-order chi connectivity index (χ1) is 13.7. The predicted octanol–water partition coefficient (Wildman–Crippen LogP) is 2.43. The number of hydrogen-bond acceptors (Lipinski definition) is 4. The average Bonchev–Trinajstić information content (AvgIpc) is 2.98. The number of rotatable bonds is 6. The zero-order chi connectivity index (χ0) is 21.2. The van der Waals surface area contributed by atoms with Crippen LogP contribution in [0.4, 0.5) is 15.8 Å². The number of halogens is 1. The second kappa shape index (κ2) is 8.30. The minimum atomic E-state index is -3.82. The van der Waals surface area contributed by atoms with Crippen molar-refractivity contribution in [2.45, 2.75) is 37.6 Å². The van der Waals surface area contributed by atoms with Gasteiger partial charge in [-0.05, 0) is 49.2 Å². The van der Waals surface area contributed by atoms with E-state index in [4.69, 9.17) is 0 Å². The van der Waals surface area contributed by atoms with Crippen molar-refractivity contribution >= 4 is 33.2 Å². The molecular weight excluding hydrogens is 397 g/mol. The lowest BCUT2D eigenvalue weighted by atomic mass is 10.1. The molecule has 0 unspecified atom stereocenters. The molecule has 0 aromatic heterocycles. The lowest BCUT2D eigenvalue weighted by Gasteiger charge is -2.20. The lowest BCUT2D eigenvalue weighted by molar-refractivity contribution is -0.117. The maximum atomic E-state index is 13.5. The fourth-order valence-corrected chi connectivity index (χ4v) is 4.49. The first-order valence-electron chi connectivity index (χ1n) is 9.16. The molecule has 2 amide bonds. The third kappa shape index (κ3) is 4.63. The van der Waals surface area contributed by atoms with Crippen LogP contribution in [0, 0.1) is 5.82 Å². The van der Waals surface area contributed by atoms with Gasteiger partial charge in [0.2, 0.25) is 21.8 Å². The molecule has 0 spiro atoms. The molecule has 9 heteroatoms. The Morgan fingerprint density at radius 2 is 1.93 bits per heavy atom. The van der Waals surface area contributed by atoms with E-state index in [9.17, 15) is 22.4 Å². The van der Waals surface area contributed by atoms with Crippen LogP contribution < -0.4 is 14.9 Å². The number of nitrogens with zero attached hydrogens (tertiary/aromatic N) is 1. The van der Waals surface area contributed by atoms with Gasteiger partial charge in [-0.2, -0.15) is 0 Å². The van der Waals surface area contributed by atoms with Gasteiger partial charge in [-0.3, -0.25) is 9.59 Å². The van der Waals surface area contributed by atoms with Crippen LogP contribution >= 0.6 is 0 Å². The number of fused-ring (bicyclic) bond motifs is 1. The largest absolute Gasteiger partial charge is 0.324 e. The smallest absolute Gasteiger partial charge is 0.240 e. The molecule has 0 saturated heterocycles. The Bertz CT molecular complexity index is 1060. The highest BCUT2D eigenvalue weighted by Gasteiger charge is 2.30. The quantitative estimate of drug-likeness (QED) is 0.752. The van der Waals surface area contributed by atoms with Crippen molar-refractivity contribution in [1.82, 2.24) is 4.72 Å². The molecule has 1 aliphatic rings. The molecule has 0 radical (unpaired) electrons. The van der Waals surface area contributed by atoms with E-state index >= 15 is 0 Å². The number of nitrogens with one attached hydrogen (secondary N) is 2. The summed E-state index contributed by atoms with van der Waals surface area (Å²) in [6, 6.07) is 10.3. The van der Waals surface area contributed by atoms with Crippen LogP contribution in [0.15, 0.2) is 47.4 Å². The fourth-order valence-electron chi connectivity index (χ4n) is 3.41. The molecule has 0 bridgehead atoms. The molecule has 0 aliphatic carbocycles. The molecule has 1 heterocycles. The van der Waals surface area contributed by atoms with Crippen molar-refractivity contribution in [3.05, 3.63) is 53.8 Å². The standard InChI is InChI=1S/C20H22FN3O4S/c1-13-11-15-12-16(7-8-19(15)24(13)14(2)25)29(27,28)22-10-9-20(26)23-18-6-4-3-5-17(18)21/h3-8,12-13,22H,9-11H2,1-2H3,(H,23,26)/t13-/m0/s1. The van der Waals surface area contributed by atoms with E-state index in [0.29, 0.717) is 12.1 Å². The van der Waals surface area contributed by atoms with Crippen LogP contribution in [0.25, 0.3) is 0 Å². The van der Waals surface area contributed by atoms with Crippen LogP contribution in [0.5, 0.6) is 0 Å². The monoisotopic (exact) mass is 419 g/mol. The number of hydrogen-bond donors (Lipinski definition) is 2. The summed E-state index contributed by atoms with van der Waals surface area (Å²) in [5.74, 6) is -1.16. The van der Waals surface area contributed by atoms with Gasteiger partial charge in [-0.1, -0.05) is 12.1 Å². The van der Waals surface area contributed by atoms with Crippen molar-refractivity contribution in [1.29, 1.82) is 0 Å². The van der Waals surface area contributed by atoms with Crippen molar-refractivity contribution < 1.29 is 22.4 Å². The van der Waals surface area contributed by atoms with Crippen LogP contribution in [-0.2, 0) is 26.0 Å². The van der Waals surface area contributed by atoms with Gasteiger partial charge in [0.1, 0.15) is 5.82 Å². The van der Waals surface area contributed by atoms with Crippen molar-refractivity contribution in [2.75, 3.05) is 16.8 Å². The van der Waals surface area contributed by atoms with Gasteiger partial charge < -0.3 is 10.2 Å². The van der Waals surface area contributed by atoms with Gasteiger partial charge in [0, 0.05) is 31.6 Å². The van der Waals surface area contributed by atoms with Crippen molar-refractivity contribution in [2.24, 2.45) is 0 Å². The van der Waals surface area contributed by atoms with Crippen LogP contribution in [0.1, 0.15) is 25.8 Å². The zero-order valence-electron chi connectivity index (χ0n) is 16.1. The van der Waals surface area contributed by atoms with Gasteiger partial charge in [0.15, 0.2) is 0 Å². The molecule has 29 heavy (non-hydrogen) atoms. The topological polar surface area (TPSA) is 95.6 Å². The van der Waals surface area contributed by atoms with E-state index in [1.165, 1.54) is 31.2 Å². The van der Waals surface area contributed by atoms with E-state index < -0.39 is 21.7 Å². The van der Waals surface area contributed by atoms with E-state index in [2.05, 4.69) is 10.0 Å². The van der Waals surface area contributed by atoms with Gasteiger partial charge in [0.05, 0.1) is 10.6 Å². The maximum Gasteiger partial charge on any atom is 0.240 e. The summed E-state index contributed by atoms with van der Waals surface area (Å²) in [5.41, 5.74) is 1.55. The molecule has 1 atom stereocenters. The van der Waals surface area contributed by atoms with Gasteiger partial charge in [-0.15, -0.1) is 0 Å². The Morgan fingerprint density at radius 3 is 2.62 bits per heavy atom. The van der Waals surface area contributed by atoms with E-state index in [-0.39, 0.29) is 35.5 Å². The third-order valence-corrected chi connectivity index (χ3v) is 6.17. The fraction of sp³-hybridized carbons (Fsp3) is 0.300. The lowest BCUT2D eigenvalue weighted by Crippen LogP contribution is -2.33. The van der Waals surface area contributed by atoms with Crippen molar-refractivity contribution in [3.63, 3.8) is 0 Å². The van der Waals surface area contributed by atoms with E-state index in [1.54, 1.807) is 23.1 Å². The maximum absolute atomic E-state index is 13.5. The molecule has 0 fully saturated rings. The molecule has 2 N–H and O–H groups in total. The minimum absolute atomic E-state index is 0.0320. The molecule has 2 aromatic rings.